The minimum Gasteiger partial charge on any atom is -0.383 e. The molecule has 0 fully saturated rings. The number of rotatable bonds is 8. The Labute approximate surface area is 103 Å². The van der Waals surface area contributed by atoms with Crippen LogP contribution in [-0.2, 0) is 11.2 Å². The lowest BCUT2D eigenvalue weighted by molar-refractivity contribution is 0.195. The van der Waals surface area contributed by atoms with Crippen molar-refractivity contribution < 1.29 is 4.74 Å². The quantitative estimate of drug-likeness (QED) is 0.558. The van der Waals surface area contributed by atoms with Crippen LogP contribution in [0.1, 0.15) is 12.0 Å². The van der Waals surface area contributed by atoms with E-state index in [1.165, 1.54) is 5.56 Å². The van der Waals surface area contributed by atoms with Crippen molar-refractivity contribution >= 4 is 11.6 Å². The van der Waals surface area contributed by atoms with Gasteiger partial charge in [0.05, 0.1) is 12.0 Å². The molecule has 2 nitrogen and oxygen atoms in total. The molecule has 90 valence electrons. The SMILES string of the molecule is COCC(Cl)CCNCCc1ccccc1. The Hall–Kier alpha value is -0.570. The molecule has 0 aliphatic heterocycles. The number of alkyl halides is 1. The predicted molar refractivity (Wildman–Crippen MR) is 69.1 cm³/mol. The van der Waals surface area contributed by atoms with Crippen LogP contribution in [0.3, 0.4) is 0 Å². The summed E-state index contributed by atoms with van der Waals surface area (Å²) in [6.07, 6.45) is 2.02. The number of methoxy groups -OCH3 is 1. The smallest absolute Gasteiger partial charge is 0.0626 e. The van der Waals surface area contributed by atoms with E-state index in [1.54, 1.807) is 7.11 Å². The summed E-state index contributed by atoms with van der Waals surface area (Å²) in [5.41, 5.74) is 1.37. The molecule has 0 bridgehead atoms. The fourth-order valence-corrected chi connectivity index (χ4v) is 1.76. The van der Waals surface area contributed by atoms with Crippen molar-refractivity contribution in [3.63, 3.8) is 0 Å². The molecule has 0 heterocycles. The van der Waals surface area contributed by atoms with Crippen molar-refractivity contribution in [1.29, 1.82) is 0 Å². The van der Waals surface area contributed by atoms with Gasteiger partial charge >= 0.3 is 0 Å². The molecule has 1 N–H and O–H groups in total. The fourth-order valence-electron chi connectivity index (χ4n) is 1.53. The van der Waals surface area contributed by atoms with E-state index in [0.717, 1.165) is 25.9 Å². The minimum atomic E-state index is 0.120. The molecule has 1 rings (SSSR count). The van der Waals surface area contributed by atoms with Crippen LogP contribution >= 0.6 is 11.6 Å². The Bertz CT molecular complexity index is 266. The summed E-state index contributed by atoms with van der Waals surface area (Å²) < 4.78 is 4.97. The zero-order valence-corrected chi connectivity index (χ0v) is 10.5. The van der Waals surface area contributed by atoms with Gasteiger partial charge in [-0.15, -0.1) is 11.6 Å². The molecule has 0 spiro atoms. The molecule has 0 aliphatic carbocycles. The number of hydrogen-bond donors (Lipinski definition) is 1. The van der Waals surface area contributed by atoms with E-state index in [1.807, 2.05) is 6.07 Å². The molecule has 16 heavy (non-hydrogen) atoms. The summed E-state index contributed by atoms with van der Waals surface area (Å²) in [6, 6.07) is 10.5. The predicted octanol–water partition coefficient (Wildman–Crippen LogP) is 2.46. The highest BCUT2D eigenvalue weighted by Crippen LogP contribution is 2.01. The molecule has 3 heteroatoms. The van der Waals surface area contributed by atoms with Gasteiger partial charge in [-0.2, -0.15) is 0 Å². The summed E-state index contributed by atoms with van der Waals surface area (Å²) in [7, 11) is 1.68. The van der Waals surface area contributed by atoms with Crippen LogP contribution in [0.15, 0.2) is 30.3 Å². The second-order valence-electron chi connectivity index (χ2n) is 3.83. The van der Waals surface area contributed by atoms with Gasteiger partial charge in [0.25, 0.3) is 0 Å². The van der Waals surface area contributed by atoms with Crippen molar-refractivity contribution in [2.45, 2.75) is 18.2 Å². The van der Waals surface area contributed by atoms with E-state index in [9.17, 15) is 0 Å². The van der Waals surface area contributed by atoms with Gasteiger partial charge in [0.1, 0.15) is 0 Å². The van der Waals surface area contributed by atoms with Crippen molar-refractivity contribution in [2.75, 3.05) is 26.8 Å². The van der Waals surface area contributed by atoms with Crippen LogP contribution in [0.5, 0.6) is 0 Å². The van der Waals surface area contributed by atoms with Gasteiger partial charge in [0.2, 0.25) is 0 Å². The Morgan fingerprint density at radius 3 is 2.69 bits per heavy atom. The van der Waals surface area contributed by atoms with Crippen LogP contribution in [-0.4, -0.2) is 32.2 Å². The summed E-state index contributed by atoms with van der Waals surface area (Å²) in [5.74, 6) is 0. The molecular weight excluding hydrogens is 222 g/mol. The van der Waals surface area contributed by atoms with Gasteiger partial charge in [-0.3, -0.25) is 0 Å². The summed E-state index contributed by atoms with van der Waals surface area (Å²) in [4.78, 5) is 0. The molecule has 0 amide bonds. The Balaban J connectivity index is 2.00. The monoisotopic (exact) mass is 241 g/mol. The van der Waals surface area contributed by atoms with Crippen LogP contribution in [0.2, 0.25) is 0 Å². The summed E-state index contributed by atoms with van der Waals surface area (Å²) in [6.45, 7) is 2.58. The van der Waals surface area contributed by atoms with E-state index in [0.29, 0.717) is 6.61 Å². The van der Waals surface area contributed by atoms with Gasteiger partial charge in [0, 0.05) is 7.11 Å². The average molecular weight is 242 g/mol. The van der Waals surface area contributed by atoms with E-state index in [4.69, 9.17) is 16.3 Å². The topological polar surface area (TPSA) is 21.3 Å². The van der Waals surface area contributed by atoms with Gasteiger partial charge in [-0.05, 0) is 31.5 Å². The van der Waals surface area contributed by atoms with Gasteiger partial charge < -0.3 is 10.1 Å². The van der Waals surface area contributed by atoms with Crippen LogP contribution in [0.4, 0.5) is 0 Å². The van der Waals surface area contributed by atoms with E-state index >= 15 is 0 Å². The van der Waals surface area contributed by atoms with Gasteiger partial charge in [0.15, 0.2) is 0 Å². The molecule has 0 aromatic heterocycles. The van der Waals surface area contributed by atoms with Gasteiger partial charge in [-0.25, -0.2) is 0 Å². The molecule has 0 saturated carbocycles. The fraction of sp³-hybridized carbons (Fsp3) is 0.538. The number of ether oxygens (including phenoxy) is 1. The maximum Gasteiger partial charge on any atom is 0.0626 e. The molecular formula is C13H20ClNO. The largest absolute Gasteiger partial charge is 0.383 e. The number of hydrogen-bond acceptors (Lipinski definition) is 2. The van der Waals surface area contributed by atoms with E-state index in [-0.39, 0.29) is 5.38 Å². The standard InChI is InChI=1S/C13H20ClNO/c1-16-11-13(14)8-10-15-9-7-12-5-3-2-4-6-12/h2-6,13,15H,7-11H2,1H3. The maximum absolute atomic E-state index is 6.01. The zero-order valence-electron chi connectivity index (χ0n) is 9.79. The molecule has 1 unspecified atom stereocenters. The van der Waals surface area contributed by atoms with Crippen LogP contribution in [0.25, 0.3) is 0 Å². The Kier molecular flexibility index (Phi) is 7.23. The van der Waals surface area contributed by atoms with Crippen molar-refractivity contribution in [3.05, 3.63) is 35.9 Å². The highest BCUT2D eigenvalue weighted by atomic mass is 35.5. The summed E-state index contributed by atoms with van der Waals surface area (Å²) >= 11 is 6.01. The third-order valence-electron chi connectivity index (χ3n) is 2.42. The molecule has 1 atom stereocenters. The van der Waals surface area contributed by atoms with E-state index < -0.39 is 0 Å². The lowest BCUT2D eigenvalue weighted by atomic mass is 10.1. The van der Waals surface area contributed by atoms with Crippen LogP contribution < -0.4 is 5.32 Å². The number of nitrogens with one attached hydrogen (secondary N) is 1. The zero-order chi connectivity index (χ0) is 11.6. The maximum atomic E-state index is 6.01. The molecule has 0 aliphatic rings. The van der Waals surface area contributed by atoms with E-state index in [2.05, 4.69) is 29.6 Å². The minimum absolute atomic E-state index is 0.120. The normalized spacial score (nSPS) is 12.6. The first kappa shape index (κ1) is 13.5. The molecule has 0 saturated heterocycles. The van der Waals surface area contributed by atoms with Crippen molar-refractivity contribution in [2.24, 2.45) is 0 Å². The second kappa shape index (κ2) is 8.57. The number of benzene rings is 1. The highest BCUT2D eigenvalue weighted by Gasteiger charge is 2.02. The molecule has 1 aromatic rings. The lowest BCUT2D eigenvalue weighted by Gasteiger charge is -2.09. The first-order valence-electron chi connectivity index (χ1n) is 5.70. The first-order chi connectivity index (χ1) is 7.83. The second-order valence-corrected chi connectivity index (χ2v) is 4.44. The third-order valence-corrected chi connectivity index (χ3v) is 2.76. The number of halogens is 1. The Morgan fingerprint density at radius 1 is 1.25 bits per heavy atom. The van der Waals surface area contributed by atoms with Crippen molar-refractivity contribution in [3.8, 4) is 0 Å². The van der Waals surface area contributed by atoms with Crippen LogP contribution in [0, 0.1) is 0 Å². The third kappa shape index (κ3) is 6.11. The Morgan fingerprint density at radius 2 is 2.00 bits per heavy atom. The highest BCUT2D eigenvalue weighted by molar-refractivity contribution is 6.20. The first-order valence-corrected chi connectivity index (χ1v) is 6.14. The van der Waals surface area contributed by atoms with Gasteiger partial charge in [-0.1, -0.05) is 30.3 Å². The lowest BCUT2D eigenvalue weighted by Crippen LogP contribution is -2.22. The molecule has 0 radical (unpaired) electrons. The average Bonchev–Trinajstić information content (AvgIpc) is 2.30. The summed E-state index contributed by atoms with van der Waals surface area (Å²) in [5, 5.41) is 3.50. The molecule has 1 aromatic carbocycles. The van der Waals surface area contributed by atoms with Crippen molar-refractivity contribution in [1.82, 2.24) is 5.32 Å².